The summed E-state index contributed by atoms with van der Waals surface area (Å²) in [6.45, 7) is 3.52. The van der Waals surface area contributed by atoms with Gasteiger partial charge in [0.05, 0.1) is 0 Å². The molecule has 0 aliphatic heterocycles. The molecular formula is C11H11N3O2. The Bertz CT molecular complexity index is 541. The van der Waals surface area contributed by atoms with Crippen molar-refractivity contribution >= 4 is 0 Å². The minimum atomic E-state index is 0.253. The molecular weight excluding hydrogens is 206 g/mol. The molecule has 2 heterocycles. The summed E-state index contributed by atoms with van der Waals surface area (Å²) in [7, 11) is 0. The maximum absolute atomic E-state index is 11.8. The average Bonchev–Trinajstić information content (AvgIpc) is 2.23. The van der Waals surface area contributed by atoms with Crippen molar-refractivity contribution in [2.24, 2.45) is 0 Å². The molecule has 0 saturated heterocycles. The predicted octanol–water partition coefficient (Wildman–Crippen LogP) is 0.632. The van der Waals surface area contributed by atoms with Crippen LogP contribution < -0.4 is 9.46 Å². The maximum atomic E-state index is 11.8. The highest BCUT2D eigenvalue weighted by Crippen LogP contribution is 2.11. The fraction of sp³-hybridized carbons (Fsp3) is 0.182. The minimum Gasteiger partial charge on any atom is -0.710 e. The zero-order valence-corrected chi connectivity index (χ0v) is 9.04. The number of hydrogen-bond acceptors (Lipinski definition) is 3. The van der Waals surface area contributed by atoms with Crippen LogP contribution in [0.25, 0.3) is 11.4 Å². The Hall–Kier alpha value is -2.17. The van der Waals surface area contributed by atoms with E-state index in [1.165, 1.54) is 12.4 Å². The molecule has 16 heavy (non-hydrogen) atoms. The van der Waals surface area contributed by atoms with E-state index in [2.05, 4.69) is 4.98 Å². The molecule has 0 aliphatic carbocycles. The third kappa shape index (κ3) is 1.79. The summed E-state index contributed by atoms with van der Waals surface area (Å²) in [5.41, 5.74) is 1.82. The van der Waals surface area contributed by atoms with Gasteiger partial charge in [0, 0.05) is 19.1 Å². The molecule has 0 N–H and O–H groups in total. The van der Waals surface area contributed by atoms with Gasteiger partial charge < -0.3 is 10.4 Å². The van der Waals surface area contributed by atoms with E-state index < -0.39 is 0 Å². The molecule has 2 aromatic heterocycles. The topological polar surface area (TPSA) is 66.8 Å². The fourth-order valence-corrected chi connectivity index (χ4v) is 1.54. The van der Waals surface area contributed by atoms with E-state index >= 15 is 0 Å². The molecule has 5 nitrogen and oxygen atoms in total. The van der Waals surface area contributed by atoms with Crippen LogP contribution in [-0.4, -0.2) is 4.98 Å². The molecule has 0 amide bonds. The second-order valence-electron chi connectivity index (χ2n) is 3.61. The summed E-state index contributed by atoms with van der Waals surface area (Å²) in [6, 6.07) is 4.97. The van der Waals surface area contributed by atoms with Crippen LogP contribution in [0.15, 0.2) is 30.6 Å². The molecule has 2 aromatic rings. The van der Waals surface area contributed by atoms with Crippen molar-refractivity contribution in [3.05, 3.63) is 52.4 Å². The minimum absolute atomic E-state index is 0.253. The largest absolute Gasteiger partial charge is 0.710 e. The lowest BCUT2D eigenvalue weighted by Gasteiger charge is -2.08. The number of nitrogens with zero attached hydrogens (tertiary/aromatic N) is 3. The highest BCUT2D eigenvalue weighted by atomic mass is 16.5. The number of hydrogen-bond donors (Lipinski definition) is 0. The van der Waals surface area contributed by atoms with Crippen molar-refractivity contribution < 1.29 is 9.46 Å². The lowest BCUT2D eigenvalue weighted by molar-refractivity contribution is -0.611. The molecule has 0 spiro atoms. The highest BCUT2D eigenvalue weighted by molar-refractivity contribution is 5.49. The Morgan fingerprint density at radius 3 is 2.69 bits per heavy atom. The normalized spacial score (nSPS) is 10.4. The lowest BCUT2D eigenvalue weighted by atomic mass is 10.2. The third-order valence-electron chi connectivity index (χ3n) is 2.25. The third-order valence-corrected chi connectivity index (χ3v) is 2.25. The Morgan fingerprint density at radius 2 is 2.00 bits per heavy atom. The summed E-state index contributed by atoms with van der Waals surface area (Å²) in [5.74, 6) is 0.253. The van der Waals surface area contributed by atoms with Gasteiger partial charge in [-0.15, -0.1) is 0 Å². The van der Waals surface area contributed by atoms with Gasteiger partial charge >= 0.3 is 5.82 Å². The van der Waals surface area contributed by atoms with Crippen molar-refractivity contribution in [3.8, 4) is 11.4 Å². The number of aromatic nitrogens is 3. The molecule has 0 unspecified atom stereocenters. The zero-order chi connectivity index (χ0) is 11.7. The molecule has 82 valence electrons. The highest BCUT2D eigenvalue weighted by Gasteiger charge is 2.16. The van der Waals surface area contributed by atoms with Crippen molar-refractivity contribution in [1.29, 1.82) is 0 Å². The summed E-state index contributed by atoms with van der Waals surface area (Å²) in [5, 5.41) is 22.9. The van der Waals surface area contributed by atoms with Crippen LogP contribution in [0.5, 0.6) is 0 Å². The van der Waals surface area contributed by atoms with Crippen LogP contribution in [0.2, 0.25) is 0 Å². The second-order valence-corrected chi connectivity index (χ2v) is 3.61. The van der Waals surface area contributed by atoms with E-state index in [1.807, 2.05) is 6.92 Å². The molecule has 2 rings (SSSR count). The van der Waals surface area contributed by atoms with E-state index in [4.69, 9.17) is 0 Å². The predicted molar refractivity (Wildman–Crippen MR) is 57.1 cm³/mol. The van der Waals surface area contributed by atoms with E-state index in [-0.39, 0.29) is 5.82 Å². The fourth-order valence-electron chi connectivity index (χ4n) is 1.54. The molecule has 0 aromatic carbocycles. The summed E-state index contributed by atoms with van der Waals surface area (Å²) < 4.78 is 1.37. The van der Waals surface area contributed by atoms with Crippen LogP contribution in [-0.2, 0) is 0 Å². The van der Waals surface area contributed by atoms with Gasteiger partial charge in [0.1, 0.15) is 11.3 Å². The van der Waals surface area contributed by atoms with Crippen LogP contribution >= 0.6 is 0 Å². The Balaban J connectivity index is 2.64. The SMILES string of the molecule is Cc1cc(C)[n+]([O-])c(-c2ccc[n+]([O-])c2)n1. The maximum Gasteiger partial charge on any atom is 0.339 e. The molecule has 0 atom stereocenters. The van der Waals surface area contributed by atoms with Gasteiger partial charge in [0.15, 0.2) is 18.1 Å². The Labute approximate surface area is 92.8 Å². The average molecular weight is 217 g/mol. The van der Waals surface area contributed by atoms with Gasteiger partial charge in [-0.25, -0.2) is 4.73 Å². The summed E-state index contributed by atoms with van der Waals surface area (Å²) in [4.78, 5) is 4.14. The Kier molecular flexibility index (Phi) is 2.44. The van der Waals surface area contributed by atoms with Gasteiger partial charge in [-0.3, -0.25) is 0 Å². The Morgan fingerprint density at radius 1 is 1.25 bits per heavy atom. The van der Waals surface area contributed by atoms with Crippen LogP contribution in [0.4, 0.5) is 0 Å². The quantitative estimate of drug-likeness (QED) is 0.519. The van der Waals surface area contributed by atoms with Crippen molar-refractivity contribution in [2.75, 3.05) is 0 Å². The van der Waals surface area contributed by atoms with Gasteiger partial charge in [-0.1, -0.05) is 0 Å². The van der Waals surface area contributed by atoms with Gasteiger partial charge in [0.2, 0.25) is 0 Å². The lowest BCUT2D eigenvalue weighted by Crippen LogP contribution is -2.35. The first-order valence-corrected chi connectivity index (χ1v) is 4.85. The molecule has 0 radical (unpaired) electrons. The monoisotopic (exact) mass is 217 g/mol. The molecule has 0 saturated carbocycles. The first-order chi connectivity index (χ1) is 7.58. The van der Waals surface area contributed by atoms with E-state index in [9.17, 15) is 10.4 Å². The van der Waals surface area contributed by atoms with E-state index in [0.29, 0.717) is 16.0 Å². The van der Waals surface area contributed by atoms with Gasteiger partial charge in [0.25, 0.3) is 0 Å². The summed E-state index contributed by atoms with van der Waals surface area (Å²) >= 11 is 0. The molecule has 5 heteroatoms. The molecule has 0 bridgehead atoms. The van der Waals surface area contributed by atoms with Crippen LogP contribution in [0.1, 0.15) is 11.4 Å². The van der Waals surface area contributed by atoms with Crippen LogP contribution in [0, 0.1) is 24.3 Å². The van der Waals surface area contributed by atoms with Crippen molar-refractivity contribution in [2.45, 2.75) is 13.8 Å². The van der Waals surface area contributed by atoms with Gasteiger partial charge in [-0.05, 0) is 18.0 Å². The van der Waals surface area contributed by atoms with Crippen molar-refractivity contribution in [3.63, 3.8) is 0 Å². The van der Waals surface area contributed by atoms with Gasteiger partial charge in [-0.2, -0.15) is 4.73 Å². The van der Waals surface area contributed by atoms with Crippen LogP contribution in [0.3, 0.4) is 0 Å². The first-order valence-electron chi connectivity index (χ1n) is 4.85. The zero-order valence-electron chi connectivity index (χ0n) is 9.04. The smallest absolute Gasteiger partial charge is 0.339 e. The van der Waals surface area contributed by atoms with Crippen molar-refractivity contribution in [1.82, 2.24) is 4.98 Å². The number of pyridine rings is 1. The molecule has 0 aliphatic rings. The van der Waals surface area contributed by atoms with E-state index in [0.717, 1.165) is 10.4 Å². The van der Waals surface area contributed by atoms with E-state index in [1.54, 1.807) is 25.1 Å². The first kappa shape index (κ1) is 10.4. The number of rotatable bonds is 1. The standard InChI is InChI=1S/C11H11N3O2/c1-8-6-9(2)14(16)11(12-8)10-4-3-5-13(15)7-10/h3-7H,1-2H3. The summed E-state index contributed by atoms with van der Waals surface area (Å²) in [6.07, 6.45) is 2.69. The second kappa shape index (κ2) is 3.77. The number of aryl methyl sites for hydroxylation is 2. The molecule has 0 fully saturated rings.